The van der Waals surface area contributed by atoms with E-state index in [4.69, 9.17) is 9.90 Å². The molecule has 0 aliphatic carbocycles. The minimum atomic E-state index is -1.25. The third kappa shape index (κ3) is 5.18. The fraction of sp³-hybridized carbons (Fsp3) is 0.556. The van der Waals surface area contributed by atoms with E-state index in [2.05, 4.69) is 28.1 Å². The van der Waals surface area contributed by atoms with Crippen molar-refractivity contribution in [2.45, 2.75) is 26.3 Å². The largest absolute Gasteiger partial charge is 0.505 e. The zero-order valence-electron chi connectivity index (χ0n) is 8.67. The molecule has 0 radical (unpaired) electrons. The van der Waals surface area contributed by atoms with Gasteiger partial charge < -0.3 is 14.4 Å². The first kappa shape index (κ1) is 12.5. The van der Waals surface area contributed by atoms with E-state index in [-0.39, 0.29) is 0 Å². The summed E-state index contributed by atoms with van der Waals surface area (Å²) in [7, 11) is 1.10. The van der Waals surface area contributed by atoms with Crippen LogP contribution in [0.15, 0.2) is 18.7 Å². The molecule has 0 aliphatic heterocycles. The molecule has 0 fully saturated rings. The molecule has 0 saturated carbocycles. The Kier molecular flexibility index (Phi) is 6.19. The van der Waals surface area contributed by atoms with Crippen LogP contribution in [-0.2, 0) is 4.74 Å². The molecule has 0 aliphatic rings. The van der Waals surface area contributed by atoms with Crippen LogP contribution in [0.1, 0.15) is 26.3 Å². The molecule has 5 nitrogen and oxygen atoms in total. The number of carboxylic acid groups (broad SMARTS) is 1. The second-order valence-electron chi connectivity index (χ2n) is 2.74. The summed E-state index contributed by atoms with van der Waals surface area (Å²) in [5.41, 5.74) is 0. The van der Waals surface area contributed by atoms with Crippen LogP contribution >= 0.6 is 0 Å². The molecule has 80 valence electrons. The van der Waals surface area contributed by atoms with E-state index in [1.54, 1.807) is 0 Å². The van der Waals surface area contributed by atoms with Crippen LogP contribution in [0.2, 0.25) is 0 Å². The first-order valence-electron chi connectivity index (χ1n) is 4.36. The summed E-state index contributed by atoms with van der Waals surface area (Å²) in [4.78, 5) is 13.1. The van der Waals surface area contributed by atoms with Gasteiger partial charge in [0.2, 0.25) is 0 Å². The first-order chi connectivity index (χ1) is 6.61. The van der Waals surface area contributed by atoms with Gasteiger partial charge in [-0.15, -0.1) is 0 Å². The predicted molar refractivity (Wildman–Crippen MR) is 52.3 cm³/mol. The average Bonchev–Trinajstić information content (AvgIpc) is 2.70. The maximum atomic E-state index is 9.15. The number of rotatable bonds is 2. The number of hydrogen-bond acceptors (Lipinski definition) is 3. The molecular formula is C9H16N2O3. The van der Waals surface area contributed by atoms with Gasteiger partial charge in [-0.2, -0.15) is 0 Å². The highest BCUT2D eigenvalue weighted by molar-refractivity contribution is 5.56. The van der Waals surface area contributed by atoms with E-state index in [1.165, 1.54) is 0 Å². The number of imidazole rings is 1. The summed E-state index contributed by atoms with van der Waals surface area (Å²) >= 11 is 0. The molecule has 1 rings (SSSR count). The summed E-state index contributed by atoms with van der Waals surface area (Å²) < 4.78 is 5.78. The van der Waals surface area contributed by atoms with Gasteiger partial charge in [-0.25, -0.2) is 9.78 Å². The quantitative estimate of drug-likeness (QED) is 0.743. The summed E-state index contributed by atoms with van der Waals surface area (Å²) in [5.74, 6) is 0. The lowest BCUT2D eigenvalue weighted by molar-refractivity contribution is 0.114. The molecule has 0 saturated heterocycles. The van der Waals surface area contributed by atoms with Gasteiger partial charge >= 0.3 is 6.16 Å². The molecule has 0 amide bonds. The topological polar surface area (TPSA) is 64.4 Å². The normalized spacial score (nSPS) is 11.1. The third-order valence-electron chi connectivity index (χ3n) is 1.80. The molecule has 5 heteroatoms. The van der Waals surface area contributed by atoms with E-state index < -0.39 is 6.16 Å². The van der Waals surface area contributed by atoms with E-state index in [1.807, 2.05) is 18.7 Å². The maximum Gasteiger partial charge on any atom is 0.505 e. The van der Waals surface area contributed by atoms with E-state index in [0.717, 1.165) is 13.5 Å². The van der Waals surface area contributed by atoms with Crippen LogP contribution in [0, 0.1) is 0 Å². The van der Waals surface area contributed by atoms with Crippen molar-refractivity contribution in [1.29, 1.82) is 0 Å². The number of nitrogens with zero attached hydrogens (tertiary/aromatic N) is 2. The van der Waals surface area contributed by atoms with Crippen molar-refractivity contribution in [2.24, 2.45) is 0 Å². The zero-order valence-corrected chi connectivity index (χ0v) is 8.67. The van der Waals surface area contributed by atoms with Crippen molar-refractivity contribution in [1.82, 2.24) is 9.55 Å². The fourth-order valence-corrected chi connectivity index (χ4v) is 0.741. The van der Waals surface area contributed by atoms with E-state index in [9.17, 15) is 0 Å². The van der Waals surface area contributed by atoms with Gasteiger partial charge in [0.25, 0.3) is 0 Å². The maximum absolute atomic E-state index is 9.15. The van der Waals surface area contributed by atoms with Crippen molar-refractivity contribution >= 4 is 6.16 Å². The van der Waals surface area contributed by atoms with Crippen molar-refractivity contribution in [3.63, 3.8) is 0 Å². The molecular weight excluding hydrogens is 184 g/mol. The van der Waals surface area contributed by atoms with Crippen LogP contribution in [0.5, 0.6) is 0 Å². The molecule has 1 heterocycles. The standard InChI is InChI=1S/C7H12N2.C2H4O3/c1-3-7(2)9-5-4-8-6-9;1-5-2(3)4/h4-7H,3H2,1-2H3;1H3,(H,3,4). The number of aromatic nitrogens is 2. The number of hydrogen-bond donors (Lipinski definition) is 1. The van der Waals surface area contributed by atoms with Crippen molar-refractivity contribution in [3.05, 3.63) is 18.7 Å². The number of ether oxygens (including phenoxy) is 1. The SMILES string of the molecule is CCC(C)n1ccnc1.COC(=O)O. The first-order valence-corrected chi connectivity index (χ1v) is 4.36. The molecule has 1 atom stereocenters. The smallest absolute Gasteiger partial charge is 0.450 e. The molecule has 1 N–H and O–H groups in total. The Morgan fingerprint density at radius 2 is 2.29 bits per heavy atom. The lowest BCUT2D eigenvalue weighted by atomic mass is 10.3. The van der Waals surface area contributed by atoms with Gasteiger partial charge in [-0.3, -0.25) is 0 Å². The molecule has 0 aromatic carbocycles. The Morgan fingerprint density at radius 1 is 1.71 bits per heavy atom. The van der Waals surface area contributed by atoms with Gasteiger partial charge in [-0.1, -0.05) is 6.92 Å². The third-order valence-corrected chi connectivity index (χ3v) is 1.80. The molecule has 1 unspecified atom stereocenters. The average molecular weight is 200 g/mol. The molecule has 1 aromatic rings. The van der Waals surface area contributed by atoms with Crippen molar-refractivity contribution in [2.75, 3.05) is 7.11 Å². The summed E-state index contributed by atoms with van der Waals surface area (Å²) in [6.45, 7) is 4.35. The molecule has 1 aromatic heterocycles. The Hall–Kier alpha value is -1.52. The van der Waals surface area contributed by atoms with Gasteiger partial charge in [0.1, 0.15) is 0 Å². The summed E-state index contributed by atoms with van der Waals surface area (Å²) in [6.07, 6.45) is 5.58. The Balaban J connectivity index is 0.000000292. The van der Waals surface area contributed by atoms with Crippen molar-refractivity contribution < 1.29 is 14.6 Å². The lowest BCUT2D eigenvalue weighted by Crippen LogP contribution is -1.99. The van der Waals surface area contributed by atoms with Crippen LogP contribution < -0.4 is 0 Å². The molecule has 0 spiro atoms. The van der Waals surface area contributed by atoms with Crippen LogP contribution in [-0.4, -0.2) is 27.9 Å². The monoisotopic (exact) mass is 200 g/mol. The summed E-state index contributed by atoms with van der Waals surface area (Å²) in [5, 5.41) is 7.50. The highest BCUT2D eigenvalue weighted by Crippen LogP contribution is 2.06. The van der Waals surface area contributed by atoms with Crippen molar-refractivity contribution in [3.8, 4) is 0 Å². The molecule has 0 bridgehead atoms. The summed E-state index contributed by atoms with van der Waals surface area (Å²) in [6, 6.07) is 0.590. The predicted octanol–water partition coefficient (Wildman–Crippen LogP) is 2.16. The van der Waals surface area contributed by atoms with Crippen LogP contribution in [0.4, 0.5) is 4.79 Å². The Bertz CT molecular complexity index is 247. The lowest BCUT2D eigenvalue weighted by Gasteiger charge is -2.07. The Morgan fingerprint density at radius 3 is 2.57 bits per heavy atom. The van der Waals surface area contributed by atoms with Crippen LogP contribution in [0.25, 0.3) is 0 Å². The number of carbonyl (C=O) groups is 1. The van der Waals surface area contributed by atoms with Gasteiger partial charge in [0.05, 0.1) is 13.4 Å². The van der Waals surface area contributed by atoms with Gasteiger partial charge in [-0.05, 0) is 13.3 Å². The van der Waals surface area contributed by atoms with Crippen LogP contribution in [0.3, 0.4) is 0 Å². The van der Waals surface area contributed by atoms with E-state index in [0.29, 0.717) is 6.04 Å². The second-order valence-corrected chi connectivity index (χ2v) is 2.74. The highest BCUT2D eigenvalue weighted by atomic mass is 16.6. The Labute approximate surface area is 83.3 Å². The fourth-order valence-electron chi connectivity index (χ4n) is 0.741. The minimum absolute atomic E-state index is 0.590. The van der Waals surface area contributed by atoms with E-state index >= 15 is 0 Å². The number of methoxy groups -OCH3 is 1. The minimum Gasteiger partial charge on any atom is -0.450 e. The highest BCUT2D eigenvalue weighted by Gasteiger charge is 1.96. The van der Waals surface area contributed by atoms with Gasteiger partial charge in [0, 0.05) is 18.4 Å². The van der Waals surface area contributed by atoms with Gasteiger partial charge in [0.15, 0.2) is 0 Å². The second kappa shape index (κ2) is 6.94. The zero-order chi connectivity index (χ0) is 11.0. The molecule has 14 heavy (non-hydrogen) atoms.